The van der Waals surface area contributed by atoms with E-state index >= 15 is 0 Å². The number of aliphatic hydroxyl groups excluding tert-OH is 1. The number of rotatable bonds is 3. The maximum Gasteiger partial charge on any atom is 0.184 e. The van der Waals surface area contributed by atoms with Crippen LogP contribution in [0.5, 0.6) is 0 Å². The van der Waals surface area contributed by atoms with E-state index in [-0.39, 0.29) is 6.61 Å². The first kappa shape index (κ1) is 12.0. The summed E-state index contributed by atoms with van der Waals surface area (Å²) in [7, 11) is 0. The van der Waals surface area contributed by atoms with Gasteiger partial charge in [-0.1, -0.05) is 13.8 Å². The summed E-state index contributed by atoms with van der Waals surface area (Å²) in [6, 6.07) is 1.86. The molecule has 4 heteroatoms. The van der Waals surface area contributed by atoms with Crippen LogP contribution >= 0.6 is 31.9 Å². The molecule has 0 radical (unpaired) electrons. The summed E-state index contributed by atoms with van der Waals surface area (Å²) in [5.74, 6) is 1.06. The molecule has 78 valence electrons. The van der Waals surface area contributed by atoms with Gasteiger partial charge in [0.1, 0.15) is 5.76 Å². The van der Waals surface area contributed by atoms with E-state index in [1.807, 2.05) is 26.0 Å². The van der Waals surface area contributed by atoms with E-state index in [0.29, 0.717) is 10.6 Å². The van der Waals surface area contributed by atoms with Crippen molar-refractivity contribution < 1.29 is 9.52 Å². The van der Waals surface area contributed by atoms with Crippen LogP contribution in [0.1, 0.15) is 19.6 Å². The van der Waals surface area contributed by atoms with Crippen LogP contribution in [0.3, 0.4) is 0 Å². The maximum atomic E-state index is 9.10. The largest absolute Gasteiger partial charge is 0.449 e. The van der Waals surface area contributed by atoms with Crippen LogP contribution in [-0.2, 0) is 0 Å². The van der Waals surface area contributed by atoms with Crippen LogP contribution in [-0.4, -0.2) is 11.7 Å². The lowest BCUT2D eigenvalue weighted by atomic mass is 10.0. The molecule has 0 bridgehead atoms. The average molecular weight is 324 g/mol. The predicted molar refractivity (Wildman–Crippen MR) is 64.0 cm³/mol. The molecule has 1 heterocycles. The van der Waals surface area contributed by atoms with Gasteiger partial charge in [0, 0.05) is 0 Å². The Morgan fingerprint density at radius 1 is 1.57 bits per heavy atom. The van der Waals surface area contributed by atoms with Gasteiger partial charge in [0.05, 0.1) is 11.1 Å². The van der Waals surface area contributed by atoms with E-state index in [0.717, 1.165) is 15.8 Å². The first-order chi connectivity index (χ1) is 6.54. The summed E-state index contributed by atoms with van der Waals surface area (Å²) in [5.41, 5.74) is 0.957. The van der Waals surface area contributed by atoms with Crippen molar-refractivity contribution in [2.75, 3.05) is 6.61 Å². The van der Waals surface area contributed by atoms with Crippen LogP contribution < -0.4 is 0 Å². The zero-order valence-corrected chi connectivity index (χ0v) is 11.2. The van der Waals surface area contributed by atoms with Gasteiger partial charge in [-0.3, -0.25) is 0 Å². The Balaban J connectivity index is 2.94. The minimum atomic E-state index is 0.0631. The van der Waals surface area contributed by atoms with Gasteiger partial charge >= 0.3 is 0 Å². The molecule has 0 saturated heterocycles. The lowest BCUT2D eigenvalue weighted by molar-refractivity contribution is 0.320. The van der Waals surface area contributed by atoms with Crippen LogP contribution in [0.2, 0.25) is 0 Å². The summed E-state index contributed by atoms with van der Waals surface area (Å²) in [6.07, 6.45) is 1.86. The second-order valence-electron chi connectivity index (χ2n) is 3.30. The van der Waals surface area contributed by atoms with Gasteiger partial charge in [-0.2, -0.15) is 0 Å². The maximum absolute atomic E-state index is 9.10. The molecule has 0 fully saturated rings. The van der Waals surface area contributed by atoms with Crippen molar-refractivity contribution in [1.29, 1.82) is 0 Å². The van der Waals surface area contributed by atoms with Crippen LogP contribution in [0, 0.1) is 5.92 Å². The Bertz CT molecular complexity index is 320. The zero-order valence-electron chi connectivity index (χ0n) is 8.05. The van der Waals surface area contributed by atoms with E-state index < -0.39 is 0 Å². The molecule has 0 spiro atoms. The molecular weight excluding hydrogens is 312 g/mol. The number of furan rings is 1. The van der Waals surface area contributed by atoms with Gasteiger partial charge in [-0.05, 0) is 55.5 Å². The first-order valence-corrected chi connectivity index (χ1v) is 5.89. The summed E-state index contributed by atoms with van der Waals surface area (Å²) in [4.78, 5) is 0. The number of aliphatic hydroxyl groups is 1. The molecule has 0 unspecified atom stereocenters. The monoisotopic (exact) mass is 322 g/mol. The van der Waals surface area contributed by atoms with Crippen molar-refractivity contribution in [3.05, 3.63) is 26.5 Å². The molecule has 0 aliphatic rings. The SMILES string of the molecule is CC(C)/C(=C\c1cc(Br)c(Br)o1)CO. The van der Waals surface area contributed by atoms with Crippen LogP contribution in [0.4, 0.5) is 0 Å². The lowest BCUT2D eigenvalue weighted by Gasteiger charge is -2.06. The molecule has 1 aromatic heterocycles. The molecule has 14 heavy (non-hydrogen) atoms. The molecule has 1 aromatic rings. The first-order valence-electron chi connectivity index (χ1n) is 4.30. The molecule has 0 saturated carbocycles. The number of halogens is 2. The number of hydrogen-bond donors (Lipinski definition) is 1. The Hall–Kier alpha value is -0.0600. The highest BCUT2D eigenvalue weighted by Gasteiger charge is 2.07. The predicted octanol–water partition coefficient (Wildman–Crippen LogP) is 3.84. The van der Waals surface area contributed by atoms with Crippen molar-refractivity contribution in [2.45, 2.75) is 13.8 Å². The van der Waals surface area contributed by atoms with E-state index in [2.05, 4.69) is 31.9 Å². The van der Waals surface area contributed by atoms with Crippen LogP contribution in [0.15, 0.2) is 25.2 Å². The standard InChI is InChI=1S/C10H12Br2O2/c1-6(2)7(5-13)3-8-4-9(11)10(12)14-8/h3-4,6,13H,5H2,1-2H3/b7-3-. The molecule has 1 N–H and O–H groups in total. The summed E-state index contributed by atoms with van der Waals surface area (Å²) in [6.45, 7) is 4.14. The van der Waals surface area contributed by atoms with Crippen molar-refractivity contribution in [3.8, 4) is 0 Å². The third-order valence-corrected chi connectivity index (χ3v) is 3.63. The molecule has 0 atom stereocenters. The fourth-order valence-electron chi connectivity index (χ4n) is 1.01. The van der Waals surface area contributed by atoms with Crippen LogP contribution in [0.25, 0.3) is 6.08 Å². The summed E-state index contributed by atoms with van der Waals surface area (Å²) < 4.78 is 6.93. The van der Waals surface area contributed by atoms with E-state index in [4.69, 9.17) is 9.52 Å². The van der Waals surface area contributed by atoms with Crippen molar-refractivity contribution in [1.82, 2.24) is 0 Å². The fraction of sp³-hybridized carbons (Fsp3) is 0.400. The highest BCUT2D eigenvalue weighted by Crippen LogP contribution is 2.28. The minimum absolute atomic E-state index is 0.0631. The quantitative estimate of drug-likeness (QED) is 0.917. The molecule has 0 aromatic carbocycles. The van der Waals surface area contributed by atoms with Crippen molar-refractivity contribution in [2.24, 2.45) is 5.92 Å². The summed E-state index contributed by atoms with van der Waals surface area (Å²) >= 11 is 6.59. The van der Waals surface area contributed by atoms with Gasteiger partial charge in [-0.25, -0.2) is 0 Å². The highest BCUT2D eigenvalue weighted by atomic mass is 79.9. The summed E-state index contributed by atoms with van der Waals surface area (Å²) in [5, 5.41) is 9.10. The zero-order chi connectivity index (χ0) is 10.7. The van der Waals surface area contributed by atoms with Gasteiger partial charge in [0.25, 0.3) is 0 Å². The van der Waals surface area contributed by atoms with Gasteiger partial charge in [0.2, 0.25) is 0 Å². The van der Waals surface area contributed by atoms with E-state index in [1.54, 1.807) is 0 Å². The average Bonchev–Trinajstić information content (AvgIpc) is 2.41. The molecular formula is C10H12Br2O2. The molecule has 2 nitrogen and oxygen atoms in total. The third kappa shape index (κ3) is 2.97. The highest BCUT2D eigenvalue weighted by molar-refractivity contribution is 9.13. The van der Waals surface area contributed by atoms with Gasteiger partial charge < -0.3 is 9.52 Å². The normalized spacial score (nSPS) is 12.6. The second-order valence-corrected chi connectivity index (χ2v) is 4.88. The molecule has 1 rings (SSSR count). The minimum Gasteiger partial charge on any atom is -0.449 e. The second kappa shape index (κ2) is 5.14. The lowest BCUT2D eigenvalue weighted by Crippen LogP contribution is -1.98. The Morgan fingerprint density at radius 3 is 2.57 bits per heavy atom. The van der Waals surface area contributed by atoms with Gasteiger partial charge in [0.15, 0.2) is 4.67 Å². The van der Waals surface area contributed by atoms with Crippen molar-refractivity contribution in [3.63, 3.8) is 0 Å². The molecule has 0 amide bonds. The van der Waals surface area contributed by atoms with E-state index in [9.17, 15) is 0 Å². The third-order valence-electron chi connectivity index (χ3n) is 1.92. The van der Waals surface area contributed by atoms with Crippen molar-refractivity contribution >= 4 is 37.9 Å². The topological polar surface area (TPSA) is 33.4 Å². The smallest absolute Gasteiger partial charge is 0.184 e. The van der Waals surface area contributed by atoms with E-state index in [1.165, 1.54) is 0 Å². The molecule has 0 aliphatic carbocycles. The fourth-order valence-corrected chi connectivity index (χ4v) is 1.62. The Morgan fingerprint density at radius 2 is 2.21 bits per heavy atom. The van der Waals surface area contributed by atoms with Gasteiger partial charge in [-0.15, -0.1) is 0 Å². The number of hydrogen-bond acceptors (Lipinski definition) is 2. The molecule has 0 aliphatic heterocycles. The Kier molecular flexibility index (Phi) is 4.41. The Labute approximate surface area is 100 Å².